The fourth-order valence-corrected chi connectivity index (χ4v) is 1.98. The lowest BCUT2D eigenvalue weighted by Crippen LogP contribution is -2.29. The molecule has 1 atom stereocenters. The summed E-state index contributed by atoms with van der Waals surface area (Å²) < 4.78 is 5.49. The van der Waals surface area contributed by atoms with Crippen LogP contribution >= 0.6 is 15.9 Å². The van der Waals surface area contributed by atoms with E-state index in [-0.39, 0.29) is 5.91 Å². The Kier molecular flexibility index (Phi) is 4.80. The number of aryl methyl sites for hydroxylation is 2. The van der Waals surface area contributed by atoms with E-state index < -0.39 is 0 Å². The van der Waals surface area contributed by atoms with Crippen LogP contribution in [-0.4, -0.2) is 29.2 Å². The summed E-state index contributed by atoms with van der Waals surface area (Å²) >= 11 is 3.48. The van der Waals surface area contributed by atoms with Gasteiger partial charge in [0.25, 0.3) is 5.91 Å². The predicted octanol–water partition coefficient (Wildman–Crippen LogP) is 3.45. The Bertz CT molecular complexity index is 410. The minimum atomic E-state index is 0.0463. The van der Waals surface area contributed by atoms with Crippen LogP contribution in [0, 0.1) is 20.8 Å². The normalized spacial score (nSPS) is 12.6. The summed E-state index contributed by atoms with van der Waals surface area (Å²) in [4.78, 5) is 14.4. The zero-order valence-electron chi connectivity index (χ0n) is 11.1. The van der Waals surface area contributed by atoms with E-state index >= 15 is 0 Å². The monoisotopic (exact) mass is 301 g/mol. The van der Waals surface area contributed by atoms with E-state index in [1.54, 1.807) is 4.90 Å². The second-order valence-electron chi connectivity index (χ2n) is 4.51. The van der Waals surface area contributed by atoms with Crippen LogP contribution in [0.2, 0.25) is 0 Å². The number of carbonyl (C=O) groups excluding carboxylic acids is 1. The zero-order valence-corrected chi connectivity index (χ0v) is 12.7. The predicted molar refractivity (Wildman–Crippen MR) is 72.9 cm³/mol. The van der Waals surface area contributed by atoms with Gasteiger partial charge in [-0.2, -0.15) is 0 Å². The molecule has 1 aromatic rings. The van der Waals surface area contributed by atoms with Crippen LogP contribution in [0.15, 0.2) is 4.42 Å². The van der Waals surface area contributed by atoms with Crippen molar-refractivity contribution in [2.45, 2.75) is 38.9 Å². The molecule has 0 aliphatic rings. The largest absolute Gasteiger partial charge is 0.466 e. The second-order valence-corrected chi connectivity index (χ2v) is 6.07. The van der Waals surface area contributed by atoms with Crippen LogP contribution in [0.5, 0.6) is 0 Å². The lowest BCUT2D eigenvalue weighted by atomic mass is 10.1. The molecule has 0 saturated carbocycles. The number of alkyl halides is 1. The molecule has 1 amide bonds. The first kappa shape index (κ1) is 14.3. The Morgan fingerprint density at radius 1 is 1.35 bits per heavy atom. The minimum absolute atomic E-state index is 0.0463. The average Bonchev–Trinajstić information content (AvgIpc) is 2.49. The molecule has 0 aliphatic heterocycles. The second kappa shape index (κ2) is 5.71. The van der Waals surface area contributed by atoms with Gasteiger partial charge in [-0.1, -0.05) is 22.9 Å². The molecule has 1 aromatic heterocycles. The standard InChI is InChI=1S/C13H20BrNO2/c1-8(14)6-7-15(5)13(16)12-9(2)10(3)17-11(12)4/h8H,6-7H2,1-5H3. The number of rotatable bonds is 4. The molecule has 0 N–H and O–H groups in total. The highest BCUT2D eigenvalue weighted by atomic mass is 79.9. The fourth-order valence-electron chi connectivity index (χ4n) is 1.77. The van der Waals surface area contributed by atoms with Gasteiger partial charge in [-0.25, -0.2) is 0 Å². The van der Waals surface area contributed by atoms with E-state index in [1.165, 1.54) is 0 Å². The van der Waals surface area contributed by atoms with Crippen molar-refractivity contribution in [1.29, 1.82) is 0 Å². The lowest BCUT2D eigenvalue weighted by Gasteiger charge is -2.18. The van der Waals surface area contributed by atoms with Crippen molar-refractivity contribution in [1.82, 2.24) is 4.90 Å². The number of halogens is 1. The molecule has 17 heavy (non-hydrogen) atoms. The summed E-state index contributed by atoms with van der Waals surface area (Å²) in [5.74, 6) is 1.59. The van der Waals surface area contributed by atoms with Crippen molar-refractivity contribution < 1.29 is 9.21 Å². The van der Waals surface area contributed by atoms with E-state index in [0.29, 0.717) is 16.2 Å². The van der Waals surface area contributed by atoms with Crippen molar-refractivity contribution in [2.75, 3.05) is 13.6 Å². The Balaban J connectivity index is 2.82. The molecule has 0 aromatic carbocycles. The molecular weight excluding hydrogens is 282 g/mol. The van der Waals surface area contributed by atoms with Gasteiger partial charge in [0.1, 0.15) is 11.5 Å². The highest BCUT2D eigenvalue weighted by Crippen LogP contribution is 2.22. The van der Waals surface area contributed by atoms with E-state index in [9.17, 15) is 4.79 Å². The van der Waals surface area contributed by atoms with Gasteiger partial charge in [-0.15, -0.1) is 0 Å². The van der Waals surface area contributed by atoms with Gasteiger partial charge in [-0.3, -0.25) is 4.79 Å². The highest BCUT2D eigenvalue weighted by Gasteiger charge is 2.21. The quantitative estimate of drug-likeness (QED) is 0.798. The van der Waals surface area contributed by atoms with Gasteiger partial charge in [0.2, 0.25) is 0 Å². The lowest BCUT2D eigenvalue weighted by molar-refractivity contribution is 0.0791. The zero-order chi connectivity index (χ0) is 13.2. The molecular formula is C13H20BrNO2. The molecule has 0 spiro atoms. The Hall–Kier alpha value is -0.770. The Morgan fingerprint density at radius 2 is 1.94 bits per heavy atom. The van der Waals surface area contributed by atoms with Crippen molar-refractivity contribution >= 4 is 21.8 Å². The maximum Gasteiger partial charge on any atom is 0.257 e. The van der Waals surface area contributed by atoms with Crippen molar-refractivity contribution in [3.63, 3.8) is 0 Å². The summed E-state index contributed by atoms with van der Waals surface area (Å²) in [6.07, 6.45) is 0.942. The molecule has 4 heteroatoms. The van der Waals surface area contributed by atoms with E-state index in [2.05, 4.69) is 22.9 Å². The van der Waals surface area contributed by atoms with Crippen LogP contribution in [0.3, 0.4) is 0 Å². The van der Waals surface area contributed by atoms with E-state index in [0.717, 1.165) is 24.3 Å². The minimum Gasteiger partial charge on any atom is -0.466 e. The summed E-state index contributed by atoms with van der Waals surface area (Å²) in [6, 6.07) is 0. The number of furan rings is 1. The van der Waals surface area contributed by atoms with E-state index in [1.807, 2.05) is 27.8 Å². The molecule has 0 bridgehead atoms. The molecule has 0 aliphatic carbocycles. The number of nitrogens with zero attached hydrogens (tertiary/aromatic N) is 1. The number of hydrogen-bond acceptors (Lipinski definition) is 2. The van der Waals surface area contributed by atoms with Crippen molar-refractivity contribution in [3.8, 4) is 0 Å². The molecule has 0 fully saturated rings. The molecule has 1 rings (SSSR count). The van der Waals surface area contributed by atoms with E-state index in [4.69, 9.17) is 4.42 Å². The Labute approximate surface area is 111 Å². The molecule has 1 heterocycles. The summed E-state index contributed by atoms with van der Waals surface area (Å²) in [5.41, 5.74) is 1.67. The van der Waals surface area contributed by atoms with Gasteiger partial charge in [0, 0.05) is 24.0 Å². The maximum absolute atomic E-state index is 12.3. The smallest absolute Gasteiger partial charge is 0.257 e. The Morgan fingerprint density at radius 3 is 2.35 bits per heavy atom. The van der Waals surface area contributed by atoms with Gasteiger partial charge >= 0.3 is 0 Å². The van der Waals surface area contributed by atoms with Crippen LogP contribution in [-0.2, 0) is 0 Å². The topological polar surface area (TPSA) is 33.5 Å². The van der Waals surface area contributed by atoms with Gasteiger partial charge in [-0.05, 0) is 27.2 Å². The summed E-state index contributed by atoms with van der Waals surface area (Å²) in [7, 11) is 1.83. The summed E-state index contributed by atoms with van der Waals surface area (Å²) in [6.45, 7) is 8.49. The van der Waals surface area contributed by atoms with Crippen LogP contribution in [0.25, 0.3) is 0 Å². The maximum atomic E-state index is 12.3. The third-order valence-electron chi connectivity index (χ3n) is 2.98. The van der Waals surface area contributed by atoms with Crippen molar-refractivity contribution in [2.24, 2.45) is 0 Å². The van der Waals surface area contributed by atoms with Crippen LogP contribution in [0.4, 0.5) is 0 Å². The van der Waals surface area contributed by atoms with Gasteiger partial charge in [0.05, 0.1) is 5.56 Å². The van der Waals surface area contributed by atoms with Gasteiger partial charge in [0.15, 0.2) is 0 Å². The number of carbonyl (C=O) groups is 1. The summed E-state index contributed by atoms with van der Waals surface area (Å²) in [5, 5.41) is 0. The van der Waals surface area contributed by atoms with Crippen molar-refractivity contribution in [3.05, 3.63) is 22.6 Å². The molecule has 0 radical (unpaired) electrons. The molecule has 3 nitrogen and oxygen atoms in total. The van der Waals surface area contributed by atoms with Crippen LogP contribution in [0.1, 0.15) is 40.8 Å². The van der Waals surface area contributed by atoms with Crippen LogP contribution < -0.4 is 0 Å². The van der Waals surface area contributed by atoms with Gasteiger partial charge < -0.3 is 9.32 Å². The first-order chi connectivity index (χ1) is 7.84. The first-order valence-corrected chi connectivity index (χ1v) is 6.72. The number of hydrogen-bond donors (Lipinski definition) is 0. The molecule has 96 valence electrons. The molecule has 1 unspecified atom stereocenters. The number of amides is 1. The molecule has 0 saturated heterocycles. The average molecular weight is 302 g/mol. The SMILES string of the molecule is Cc1oc(C)c(C(=O)N(C)CCC(C)Br)c1C. The highest BCUT2D eigenvalue weighted by molar-refractivity contribution is 9.09. The first-order valence-electron chi connectivity index (χ1n) is 5.80. The third kappa shape index (κ3) is 3.35. The fraction of sp³-hybridized carbons (Fsp3) is 0.615. The third-order valence-corrected chi connectivity index (χ3v) is 3.44.